The molecule has 2 atom stereocenters. The van der Waals surface area contributed by atoms with E-state index in [4.69, 9.17) is 4.74 Å². The zero-order valence-electron chi connectivity index (χ0n) is 5.63. The summed E-state index contributed by atoms with van der Waals surface area (Å²) < 4.78 is 5.16. The van der Waals surface area contributed by atoms with Crippen LogP contribution in [0.1, 0.15) is 13.8 Å². The van der Waals surface area contributed by atoms with Crippen molar-refractivity contribution in [2.45, 2.75) is 26.1 Å². The Balaban J connectivity index is 2.65. The van der Waals surface area contributed by atoms with Gasteiger partial charge in [-0.1, -0.05) is 6.08 Å². The van der Waals surface area contributed by atoms with E-state index in [1.165, 1.54) is 0 Å². The van der Waals surface area contributed by atoms with Crippen LogP contribution in [0.5, 0.6) is 0 Å². The van der Waals surface area contributed by atoms with E-state index < -0.39 is 0 Å². The van der Waals surface area contributed by atoms with Gasteiger partial charge in [0.15, 0.2) is 5.78 Å². The third-order valence-corrected chi connectivity index (χ3v) is 1.35. The molecule has 0 radical (unpaired) electrons. The lowest BCUT2D eigenvalue weighted by Crippen LogP contribution is -2.27. The smallest absolute Gasteiger partial charge is 0.183 e. The molecule has 1 heterocycles. The summed E-state index contributed by atoms with van der Waals surface area (Å²) in [5.74, 6) is 0.0631. The Kier molecular flexibility index (Phi) is 1.67. The summed E-state index contributed by atoms with van der Waals surface area (Å²) in [6.07, 6.45) is 3.20. The highest BCUT2D eigenvalue weighted by atomic mass is 16.5. The maximum atomic E-state index is 10.7. The molecule has 0 aromatic rings. The fourth-order valence-corrected chi connectivity index (χ4v) is 0.800. The van der Waals surface area contributed by atoms with Crippen molar-refractivity contribution in [3.63, 3.8) is 0 Å². The van der Waals surface area contributed by atoms with Crippen LogP contribution in [0.25, 0.3) is 0 Å². The molecule has 1 aliphatic heterocycles. The first-order chi connectivity index (χ1) is 4.20. The highest BCUT2D eigenvalue weighted by Gasteiger charge is 2.16. The average Bonchev–Trinajstić information content (AvgIpc) is 1.80. The number of ether oxygens (including phenoxy) is 1. The van der Waals surface area contributed by atoms with Crippen LogP contribution >= 0.6 is 0 Å². The molecular weight excluding hydrogens is 116 g/mol. The number of rotatable bonds is 0. The van der Waals surface area contributed by atoms with Gasteiger partial charge in [0.2, 0.25) is 0 Å². The summed E-state index contributed by atoms with van der Waals surface area (Å²) in [7, 11) is 0. The van der Waals surface area contributed by atoms with Gasteiger partial charge in [-0.2, -0.15) is 0 Å². The van der Waals surface area contributed by atoms with E-state index in [0.29, 0.717) is 0 Å². The molecule has 0 aromatic carbocycles. The van der Waals surface area contributed by atoms with Gasteiger partial charge in [-0.25, -0.2) is 0 Å². The summed E-state index contributed by atoms with van der Waals surface area (Å²) in [5, 5.41) is 0. The summed E-state index contributed by atoms with van der Waals surface area (Å²) >= 11 is 0. The molecule has 0 bridgehead atoms. The minimum atomic E-state index is -0.245. The molecule has 1 rings (SSSR count). The number of carbonyl (C=O) groups excluding carboxylic acids is 1. The standard InChI is InChI=1S/C7H10O2/c1-5-3-4-7(8)6(2)9-5/h3-6H,1-2H3. The van der Waals surface area contributed by atoms with Crippen molar-refractivity contribution in [1.29, 1.82) is 0 Å². The second kappa shape index (κ2) is 2.31. The molecule has 9 heavy (non-hydrogen) atoms. The summed E-state index contributed by atoms with van der Waals surface area (Å²) in [4.78, 5) is 10.7. The molecule has 0 fully saturated rings. The first-order valence-electron chi connectivity index (χ1n) is 3.07. The summed E-state index contributed by atoms with van der Waals surface area (Å²) in [6.45, 7) is 3.68. The van der Waals surface area contributed by atoms with Gasteiger partial charge >= 0.3 is 0 Å². The molecule has 0 amide bonds. The lowest BCUT2D eigenvalue weighted by molar-refractivity contribution is -0.127. The van der Waals surface area contributed by atoms with Gasteiger partial charge in [-0.15, -0.1) is 0 Å². The molecule has 0 N–H and O–H groups in total. The van der Waals surface area contributed by atoms with E-state index in [9.17, 15) is 4.79 Å². The van der Waals surface area contributed by atoms with E-state index in [0.717, 1.165) is 0 Å². The molecule has 0 spiro atoms. The zero-order chi connectivity index (χ0) is 6.85. The fraction of sp³-hybridized carbons (Fsp3) is 0.571. The SMILES string of the molecule is CC1C=CC(=O)C(C)O1. The second-order valence-electron chi connectivity index (χ2n) is 2.24. The Morgan fingerprint density at radius 1 is 1.56 bits per heavy atom. The van der Waals surface area contributed by atoms with Crippen LogP contribution in [0, 0.1) is 0 Å². The van der Waals surface area contributed by atoms with Gasteiger partial charge in [0, 0.05) is 0 Å². The Bertz CT molecular complexity index is 149. The van der Waals surface area contributed by atoms with Crippen LogP contribution < -0.4 is 0 Å². The summed E-state index contributed by atoms with van der Waals surface area (Å²) in [5.41, 5.74) is 0. The highest BCUT2D eigenvalue weighted by Crippen LogP contribution is 2.07. The molecule has 0 aromatic heterocycles. The van der Waals surface area contributed by atoms with Gasteiger partial charge in [-0.05, 0) is 19.9 Å². The minimum absolute atomic E-state index is 0.0631. The Labute approximate surface area is 54.5 Å². The molecule has 0 aliphatic carbocycles. The lowest BCUT2D eigenvalue weighted by atomic mass is 10.1. The number of ketones is 1. The van der Waals surface area contributed by atoms with Crippen molar-refractivity contribution in [2.75, 3.05) is 0 Å². The summed E-state index contributed by atoms with van der Waals surface area (Å²) in [6, 6.07) is 0. The molecule has 2 heteroatoms. The van der Waals surface area contributed by atoms with Crippen LogP contribution in [-0.4, -0.2) is 18.0 Å². The highest BCUT2D eigenvalue weighted by molar-refractivity contribution is 5.93. The molecule has 0 saturated heterocycles. The first-order valence-corrected chi connectivity index (χ1v) is 3.07. The third-order valence-electron chi connectivity index (χ3n) is 1.35. The third kappa shape index (κ3) is 1.39. The van der Waals surface area contributed by atoms with E-state index in [-0.39, 0.29) is 18.0 Å². The van der Waals surface area contributed by atoms with Crippen LogP contribution in [-0.2, 0) is 9.53 Å². The van der Waals surface area contributed by atoms with Crippen molar-refractivity contribution in [2.24, 2.45) is 0 Å². The molecule has 50 valence electrons. The van der Waals surface area contributed by atoms with Gasteiger partial charge < -0.3 is 4.74 Å². The molecule has 1 aliphatic rings. The van der Waals surface area contributed by atoms with E-state index in [1.807, 2.05) is 6.92 Å². The van der Waals surface area contributed by atoms with Crippen molar-refractivity contribution in [3.05, 3.63) is 12.2 Å². The monoisotopic (exact) mass is 126 g/mol. The lowest BCUT2D eigenvalue weighted by Gasteiger charge is -2.17. The minimum Gasteiger partial charge on any atom is -0.363 e. The molecule has 2 nitrogen and oxygen atoms in total. The quantitative estimate of drug-likeness (QED) is 0.482. The average molecular weight is 126 g/mol. The maximum Gasteiger partial charge on any atom is 0.183 e. The number of hydrogen-bond acceptors (Lipinski definition) is 2. The van der Waals surface area contributed by atoms with Gasteiger partial charge in [0.05, 0.1) is 6.10 Å². The van der Waals surface area contributed by atoms with Crippen LogP contribution in [0.15, 0.2) is 12.2 Å². The van der Waals surface area contributed by atoms with E-state index in [1.54, 1.807) is 19.1 Å². The Hall–Kier alpha value is -0.630. The van der Waals surface area contributed by atoms with Crippen molar-refractivity contribution in [3.8, 4) is 0 Å². The van der Waals surface area contributed by atoms with Gasteiger partial charge in [0.25, 0.3) is 0 Å². The number of hydrogen-bond donors (Lipinski definition) is 0. The van der Waals surface area contributed by atoms with Crippen molar-refractivity contribution in [1.82, 2.24) is 0 Å². The Morgan fingerprint density at radius 3 is 2.67 bits per heavy atom. The zero-order valence-corrected chi connectivity index (χ0v) is 5.63. The topological polar surface area (TPSA) is 26.3 Å². The number of carbonyl (C=O) groups is 1. The van der Waals surface area contributed by atoms with Crippen LogP contribution in [0.4, 0.5) is 0 Å². The van der Waals surface area contributed by atoms with Gasteiger partial charge in [0.1, 0.15) is 6.10 Å². The predicted molar refractivity (Wildman–Crippen MR) is 34.2 cm³/mol. The largest absolute Gasteiger partial charge is 0.363 e. The van der Waals surface area contributed by atoms with Crippen molar-refractivity contribution < 1.29 is 9.53 Å². The van der Waals surface area contributed by atoms with E-state index in [2.05, 4.69) is 0 Å². The molecule has 0 saturated carbocycles. The fourth-order valence-electron chi connectivity index (χ4n) is 0.800. The normalized spacial score (nSPS) is 35.1. The van der Waals surface area contributed by atoms with Gasteiger partial charge in [-0.3, -0.25) is 4.79 Å². The van der Waals surface area contributed by atoms with Crippen LogP contribution in [0.2, 0.25) is 0 Å². The maximum absolute atomic E-state index is 10.7. The van der Waals surface area contributed by atoms with E-state index >= 15 is 0 Å². The molecule has 2 unspecified atom stereocenters. The van der Waals surface area contributed by atoms with Crippen LogP contribution in [0.3, 0.4) is 0 Å². The van der Waals surface area contributed by atoms with Crippen molar-refractivity contribution >= 4 is 5.78 Å². The molecular formula is C7H10O2. The second-order valence-corrected chi connectivity index (χ2v) is 2.24. The first kappa shape index (κ1) is 6.49. The Morgan fingerprint density at radius 2 is 2.22 bits per heavy atom. The predicted octanol–water partition coefficient (Wildman–Crippen LogP) is 0.919.